The molecule has 25 heavy (non-hydrogen) atoms. The molecule has 0 aliphatic rings. The van der Waals surface area contributed by atoms with Crippen molar-refractivity contribution < 1.29 is 8.42 Å². The van der Waals surface area contributed by atoms with Crippen LogP contribution in [0, 0.1) is 13.8 Å². The normalized spacial score (nSPS) is 11.9. The molecule has 0 bridgehead atoms. The van der Waals surface area contributed by atoms with Gasteiger partial charge < -0.3 is 0 Å². The van der Waals surface area contributed by atoms with Crippen LogP contribution >= 0.6 is 0 Å². The Kier molecular flexibility index (Phi) is 4.73. The molecule has 7 nitrogen and oxygen atoms in total. The number of aryl methyl sites for hydroxylation is 3. The predicted molar refractivity (Wildman–Crippen MR) is 95.2 cm³/mol. The van der Waals surface area contributed by atoms with E-state index >= 15 is 0 Å². The van der Waals surface area contributed by atoms with Gasteiger partial charge >= 0.3 is 5.69 Å². The van der Waals surface area contributed by atoms with Gasteiger partial charge in [0.2, 0.25) is 10.0 Å². The van der Waals surface area contributed by atoms with Crippen molar-refractivity contribution in [1.82, 2.24) is 18.9 Å². The van der Waals surface area contributed by atoms with Crippen molar-refractivity contribution in [3.05, 3.63) is 64.2 Å². The molecule has 132 valence electrons. The molecule has 0 saturated carbocycles. The Labute approximate surface area is 146 Å². The molecule has 3 rings (SSSR count). The van der Waals surface area contributed by atoms with Crippen LogP contribution in [-0.4, -0.2) is 29.1 Å². The smallest absolute Gasteiger partial charge is 0.250 e. The molecule has 1 aromatic carbocycles. The molecule has 0 amide bonds. The number of sulfonamides is 1. The molecular formula is C17H20N4O3S. The second-order valence-corrected chi connectivity index (χ2v) is 7.70. The topological polar surface area (TPSA) is 85.5 Å². The minimum absolute atomic E-state index is 0.229. The molecule has 0 atom stereocenters. The van der Waals surface area contributed by atoms with E-state index in [1.54, 1.807) is 36.5 Å². The zero-order valence-electron chi connectivity index (χ0n) is 14.1. The lowest BCUT2D eigenvalue weighted by Gasteiger charge is -2.08. The number of pyridine rings is 1. The molecule has 8 heteroatoms. The van der Waals surface area contributed by atoms with E-state index in [0.29, 0.717) is 18.6 Å². The predicted octanol–water partition coefficient (Wildman–Crippen LogP) is 1.48. The fourth-order valence-electron chi connectivity index (χ4n) is 2.51. The first-order valence-corrected chi connectivity index (χ1v) is 9.48. The minimum atomic E-state index is -3.55. The monoisotopic (exact) mass is 360 g/mol. The van der Waals surface area contributed by atoms with Gasteiger partial charge in [0.05, 0.1) is 4.90 Å². The summed E-state index contributed by atoms with van der Waals surface area (Å²) in [5, 5.41) is 4.22. The Morgan fingerprint density at radius 1 is 1.12 bits per heavy atom. The van der Waals surface area contributed by atoms with Gasteiger partial charge in [-0.25, -0.2) is 22.6 Å². The summed E-state index contributed by atoms with van der Waals surface area (Å²) < 4.78 is 30.0. The first-order chi connectivity index (χ1) is 11.9. The summed E-state index contributed by atoms with van der Waals surface area (Å²) >= 11 is 0. The van der Waals surface area contributed by atoms with Gasteiger partial charge in [0.1, 0.15) is 0 Å². The number of hydrogen-bond donors (Lipinski definition) is 1. The van der Waals surface area contributed by atoms with Crippen LogP contribution in [0.3, 0.4) is 0 Å². The number of nitrogens with zero attached hydrogens (tertiary/aromatic N) is 3. The van der Waals surface area contributed by atoms with Crippen molar-refractivity contribution in [2.75, 3.05) is 6.54 Å². The lowest BCUT2D eigenvalue weighted by Crippen LogP contribution is -2.27. The number of nitrogens with one attached hydrogen (secondary N) is 1. The van der Waals surface area contributed by atoms with Gasteiger partial charge in [-0.05, 0) is 55.7 Å². The summed E-state index contributed by atoms with van der Waals surface area (Å²) in [5.74, 6) is 0. The fourth-order valence-corrected chi connectivity index (χ4v) is 3.67. The number of hydrogen-bond acceptors (Lipinski definition) is 4. The fraction of sp³-hybridized carbons (Fsp3) is 0.294. The largest absolute Gasteiger partial charge is 0.350 e. The Balaban J connectivity index is 1.63. The van der Waals surface area contributed by atoms with E-state index in [1.165, 1.54) is 9.08 Å². The second kappa shape index (κ2) is 6.81. The van der Waals surface area contributed by atoms with Crippen LogP contribution in [0.2, 0.25) is 0 Å². The van der Waals surface area contributed by atoms with Crippen molar-refractivity contribution in [2.24, 2.45) is 0 Å². The summed E-state index contributed by atoms with van der Waals surface area (Å²) in [5.41, 5.74) is 2.32. The molecule has 0 saturated heterocycles. The first kappa shape index (κ1) is 17.4. The lowest BCUT2D eigenvalue weighted by molar-refractivity contribution is 0.543. The summed E-state index contributed by atoms with van der Waals surface area (Å²) in [6.45, 7) is 4.39. The Bertz CT molecular complexity index is 1070. The number of fused-ring (bicyclic) bond motifs is 1. The van der Waals surface area contributed by atoms with Gasteiger partial charge in [-0.2, -0.15) is 0 Å². The van der Waals surface area contributed by atoms with E-state index < -0.39 is 10.0 Å². The zero-order chi connectivity index (χ0) is 18.0. The van der Waals surface area contributed by atoms with Crippen molar-refractivity contribution in [3.8, 4) is 0 Å². The molecule has 1 N–H and O–H groups in total. The Hall–Kier alpha value is -2.45. The molecule has 3 aromatic rings. The molecule has 0 fully saturated rings. The van der Waals surface area contributed by atoms with Crippen LogP contribution in [0.15, 0.2) is 52.3 Å². The molecule has 0 aliphatic heterocycles. The standard InChI is InChI=1S/C17H20N4O3S/c1-13-7-8-15(12-14(13)2)25(23,24)18-9-5-11-21-17(22)20-10-4-3-6-16(20)19-21/h3-4,6-8,10,12,18H,5,9,11H2,1-2H3. The average Bonchev–Trinajstić information content (AvgIpc) is 2.90. The molecule has 2 aromatic heterocycles. The van der Waals surface area contributed by atoms with E-state index in [-0.39, 0.29) is 17.1 Å². The SMILES string of the molecule is Cc1ccc(S(=O)(=O)NCCCn2nc3ccccn3c2=O)cc1C. The third-order valence-electron chi connectivity index (χ3n) is 4.12. The van der Waals surface area contributed by atoms with Crippen LogP contribution in [0.1, 0.15) is 17.5 Å². The maximum absolute atomic E-state index is 12.3. The van der Waals surface area contributed by atoms with Gasteiger partial charge in [0.25, 0.3) is 0 Å². The molecule has 2 heterocycles. The van der Waals surface area contributed by atoms with E-state index in [0.717, 1.165) is 11.1 Å². The van der Waals surface area contributed by atoms with E-state index in [1.807, 2.05) is 19.9 Å². The number of aromatic nitrogens is 3. The lowest BCUT2D eigenvalue weighted by atomic mass is 10.1. The van der Waals surface area contributed by atoms with Crippen molar-refractivity contribution >= 4 is 15.7 Å². The molecule has 0 radical (unpaired) electrons. The molecule has 0 unspecified atom stereocenters. The van der Waals surface area contributed by atoms with Gasteiger partial charge in [-0.15, -0.1) is 5.10 Å². The van der Waals surface area contributed by atoms with Crippen molar-refractivity contribution in [1.29, 1.82) is 0 Å². The average molecular weight is 360 g/mol. The highest BCUT2D eigenvalue weighted by Crippen LogP contribution is 2.14. The third-order valence-corrected chi connectivity index (χ3v) is 5.57. The third kappa shape index (κ3) is 3.64. The zero-order valence-corrected chi connectivity index (χ0v) is 15.0. The van der Waals surface area contributed by atoms with E-state index in [4.69, 9.17) is 0 Å². The van der Waals surface area contributed by atoms with Crippen LogP contribution in [-0.2, 0) is 16.6 Å². The second-order valence-electron chi connectivity index (χ2n) is 5.93. The molecule has 0 aliphatic carbocycles. The highest BCUT2D eigenvalue weighted by Gasteiger charge is 2.14. The summed E-state index contributed by atoms with van der Waals surface area (Å²) in [6, 6.07) is 10.4. The Morgan fingerprint density at radius 3 is 2.64 bits per heavy atom. The number of rotatable bonds is 6. The van der Waals surface area contributed by atoms with Crippen LogP contribution in [0.4, 0.5) is 0 Å². The molecule has 0 spiro atoms. The van der Waals surface area contributed by atoms with E-state index in [9.17, 15) is 13.2 Å². The maximum Gasteiger partial charge on any atom is 0.350 e. The number of benzene rings is 1. The van der Waals surface area contributed by atoms with Gasteiger partial charge in [0.15, 0.2) is 5.65 Å². The van der Waals surface area contributed by atoms with Gasteiger partial charge in [-0.3, -0.25) is 4.40 Å². The first-order valence-electron chi connectivity index (χ1n) is 7.99. The van der Waals surface area contributed by atoms with Gasteiger partial charge in [0, 0.05) is 19.3 Å². The van der Waals surface area contributed by atoms with E-state index in [2.05, 4.69) is 9.82 Å². The highest BCUT2D eigenvalue weighted by atomic mass is 32.2. The quantitative estimate of drug-likeness (QED) is 0.675. The highest BCUT2D eigenvalue weighted by molar-refractivity contribution is 7.89. The van der Waals surface area contributed by atoms with Crippen LogP contribution in [0.5, 0.6) is 0 Å². The maximum atomic E-state index is 12.3. The minimum Gasteiger partial charge on any atom is -0.250 e. The van der Waals surface area contributed by atoms with Crippen LogP contribution < -0.4 is 10.4 Å². The van der Waals surface area contributed by atoms with Crippen LogP contribution in [0.25, 0.3) is 5.65 Å². The Morgan fingerprint density at radius 2 is 1.92 bits per heavy atom. The molecular weight excluding hydrogens is 340 g/mol. The van der Waals surface area contributed by atoms with Crippen molar-refractivity contribution in [3.63, 3.8) is 0 Å². The summed E-state index contributed by atoms with van der Waals surface area (Å²) in [7, 11) is -3.55. The van der Waals surface area contributed by atoms with Crippen molar-refractivity contribution in [2.45, 2.75) is 31.7 Å². The summed E-state index contributed by atoms with van der Waals surface area (Å²) in [4.78, 5) is 12.4. The summed E-state index contributed by atoms with van der Waals surface area (Å²) in [6.07, 6.45) is 2.12. The van der Waals surface area contributed by atoms with Gasteiger partial charge in [-0.1, -0.05) is 12.1 Å².